The summed E-state index contributed by atoms with van der Waals surface area (Å²) in [6.07, 6.45) is 6.85. The van der Waals surface area contributed by atoms with Crippen LogP contribution < -0.4 is 10.5 Å². The lowest BCUT2D eigenvalue weighted by Crippen LogP contribution is -2.40. The monoisotopic (exact) mass is 368 g/mol. The molecule has 27 heavy (non-hydrogen) atoms. The number of likely N-dealkylation sites (tertiary alicyclic amines) is 1. The smallest absolute Gasteiger partial charge is 0.273 e. The molecule has 0 saturated carbocycles. The van der Waals surface area contributed by atoms with Crippen LogP contribution >= 0.6 is 0 Å². The van der Waals surface area contributed by atoms with Crippen LogP contribution in [0.25, 0.3) is 0 Å². The van der Waals surface area contributed by atoms with E-state index in [1.54, 1.807) is 0 Å². The van der Waals surface area contributed by atoms with Crippen LogP contribution in [0.1, 0.15) is 53.6 Å². The summed E-state index contributed by atoms with van der Waals surface area (Å²) in [7, 11) is 0. The third-order valence-electron chi connectivity index (χ3n) is 5.29. The maximum absolute atomic E-state index is 12.7. The Morgan fingerprint density at radius 2 is 2.00 bits per heavy atom. The van der Waals surface area contributed by atoms with Gasteiger partial charge >= 0.3 is 0 Å². The van der Waals surface area contributed by atoms with Crippen LogP contribution in [0.2, 0.25) is 0 Å². The van der Waals surface area contributed by atoms with Gasteiger partial charge in [-0.1, -0.05) is 0 Å². The third-order valence-corrected chi connectivity index (χ3v) is 5.29. The minimum absolute atomic E-state index is 0.151. The predicted octanol–water partition coefficient (Wildman–Crippen LogP) is 1.49. The van der Waals surface area contributed by atoms with Crippen LogP contribution in [0.4, 0.5) is 5.82 Å². The van der Waals surface area contributed by atoms with Crippen molar-refractivity contribution in [3.63, 3.8) is 0 Å². The van der Waals surface area contributed by atoms with Crippen molar-refractivity contribution in [1.29, 1.82) is 0 Å². The molecule has 1 N–H and O–H groups in total. The van der Waals surface area contributed by atoms with E-state index in [-0.39, 0.29) is 23.1 Å². The van der Waals surface area contributed by atoms with Gasteiger partial charge in [0.2, 0.25) is 0 Å². The van der Waals surface area contributed by atoms with Crippen molar-refractivity contribution in [3.05, 3.63) is 46.0 Å². The molecule has 8 nitrogen and oxygen atoms in total. The van der Waals surface area contributed by atoms with E-state index in [9.17, 15) is 9.59 Å². The second-order valence-corrected chi connectivity index (χ2v) is 7.28. The molecule has 2 aromatic heterocycles. The number of hydrogen-bond acceptors (Lipinski definition) is 6. The molecule has 0 bridgehead atoms. The topological polar surface area (TPSA) is 95.1 Å². The maximum atomic E-state index is 12.7. The van der Waals surface area contributed by atoms with E-state index in [1.165, 1.54) is 19.0 Å². The number of hydrogen-bond donors (Lipinski definition) is 1. The molecular weight excluding hydrogens is 344 g/mol. The second kappa shape index (κ2) is 7.46. The summed E-state index contributed by atoms with van der Waals surface area (Å²) in [4.78, 5) is 43.8. The fourth-order valence-corrected chi connectivity index (χ4v) is 3.92. The Labute approximate surface area is 157 Å². The van der Waals surface area contributed by atoms with Crippen molar-refractivity contribution in [3.8, 4) is 0 Å². The van der Waals surface area contributed by atoms with E-state index in [1.807, 2.05) is 11.8 Å². The highest BCUT2D eigenvalue weighted by atomic mass is 16.2. The van der Waals surface area contributed by atoms with Crippen molar-refractivity contribution in [2.45, 2.75) is 38.5 Å². The number of nitrogens with zero attached hydrogens (tertiary/aromatic N) is 5. The van der Waals surface area contributed by atoms with Crippen molar-refractivity contribution >= 4 is 11.7 Å². The Bertz CT molecular complexity index is 870. The van der Waals surface area contributed by atoms with Gasteiger partial charge in [0.05, 0.1) is 11.9 Å². The number of piperidine rings is 1. The van der Waals surface area contributed by atoms with Gasteiger partial charge in [-0.3, -0.25) is 9.59 Å². The van der Waals surface area contributed by atoms with Gasteiger partial charge in [-0.25, -0.2) is 15.0 Å². The number of amides is 1. The van der Waals surface area contributed by atoms with Crippen LogP contribution in [0.5, 0.6) is 0 Å². The number of rotatable bonds is 3. The Morgan fingerprint density at radius 3 is 2.74 bits per heavy atom. The summed E-state index contributed by atoms with van der Waals surface area (Å²) in [6.45, 7) is 5.32. The quantitative estimate of drug-likeness (QED) is 0.882. The highest BCUT2D eigenvalue weighted by molar-refractivity contribution is 5.92. The Hall–Kier alpha value is -2.77. The summed E-state index contributed by atoms with van der Waals surface area (Å²) < 4.78 is 0. The Kier molecular flexibility index (Phi) is 4.87. The van der Waals surface area contributed by atoms with Gasteiger partial charge in [0.1, 0.15) is 17.3 Å². The van der Waals surface area contributed by atoms with Crippen LogP contribution in [0.15, 0.2) is 23.3 Å². The average Bonchev–Trinajstić information content (AvgIpc) is 3.23. The van der Waals surface area contributed by atoms with Gasteiger partial charge < -0.3 is 14.8 Å². The van der Waals surface area contributed by atoms with Gasteiger partial charge in [0.25, 0.3) is 11.5 Å². The molecule has 0 radical (unpaired) electrons. The lowest BCUT2D eigenvalue weighted by molar-refractivity contribution is 0.0699. The number of anilines is 1. The summed E-state index contributed by atoms with van der Waals surface area (Å²) in [5, 5.41) is 0. The van der Waals surface area contributed by atoms with Crippen molar-refractivity contribution in [2.24, 2.45) is 0 Å². The molecule has 8 heteroatoms. The van der Waals surface area contributed by atoms with E-state index in [4.69, 9.17) is 0 Å². The van der Waals surface area contributed by atoms with Crippen molar-refractivity contribution in [2.75, 3.05) is 31.1 Å². The first-order valence-electron chi connectivity index (χ1n) is 9.55. The van der Waals surface area contributed by atoms with Crippen LogP contribution in [-0.2, 0) is 0 Å². The van der Waals surface area contributed by atoms with E-state index in [0.29, 0.717) is 13.1 Å². The number of nitrogens with one attached hydrogen (secondary N) is 1. The third kappa shape index (κ3) is 3.84. The summed E-state index contributed by atoms with van der Waals surface area (Å²) >= 11 is 0. The average molecular weight is 368 g/mol. The lowest BCUT2D eigenvalue weighted by Gasteiger charge is -2.32. The minimum atomic E-state index is -0.311. The molecule has 2 aliphatic rings. The molecule has 2 saturated heterocycles. The molecule has 1 atom stereocenters. The molecule has 142 valence electrons. The van der Waals surface area contributed by atoms with Crippen LogP contribution in [0, 0.1) is 6.92 Å². The molecule has 2 fully saturated rings. The summed E-state index contributed by atoms with van der Waals surface area (Å²) in [6, 6.07) is 2.09. The number of aromatic amines is 1. The minimum Gasteiger partial charge on any atom is -0.357 e. The first-order chi connectivity index (χ1) is 13.1. The van der Waals surface area contributed by atoms with E-state index < -0.39 is 0 Å². The Balaban J connectivity index is 1.53. The predicted molar refractivity (Wildman–Crippen MR) is 101 cm³/mol. The molecule has 0 aliphatic carbocycles. The van der Waals surface area contributed by atoms with E-state index in [2.05, 4.69) is 30.9 Å². The second-order valence-electron chi connectivity index (χ2n) is 7.28. The van der Waals surface area contributed by atoms with Crippen LogP contribution in [0.3, 0.4) is 0 Å². The number of aryl methyl sites for hydroxylation is 1. The molecule has 2 aliphatic heterocycles. The van der Waals surface area contributed by atoms with Gasteiger partial charge in [0.15, 0.2) is 0 Å². The largest absolute Gasteiger partial charge is 0.357 e. The first-order valence-corrected chi connectivity index (χ1v) is 9.55. The molecule has 2 aromatic rings. The number of aromatic nitrogens is 4. The van der Waals surface area contributed by atoms with Crippen molar-refractivity contribution < 1.29 is 4.79 Å². The Morgan fingerprint density at radius 1 is 1.19 bits per heavy atom. The standard InChI is InChI=1S/C19H24N6O2/c1-13-22-15(9-17(23-13)24-6-2-3-7-24)14-5-4-8-25(12-14)19(27)16-10-21-18(26)11-20-16/h9-11,14H,2-8,12H2,1H3,(H,21,26). The number of carbonyl (C=O) groups is 1. The number of H-pyrrole nitrogens is 1. The highest BCUT2D eigenvalue weighted by Crippen LogP contribution is 2.29. The normalized spacial score (nSPS) is 20.1. The zero-order valence-electron chi connectivity index (χ0n) is 15.5. The zero-order chi connectivity index (χ0) is 18.8. The fourth-order valence-electron chi connectivity index (χ4n) is 3.92. The van der Waals surface area contributed by atoms with Gasteiger partial charge in [0, 0.05) is 44.4 Å². The lowest BCUT2D eigenvalue weighted by atomic mass is 9.94. The zero-order valence-corrected chi connectivity index (χ0v) is 15.5. The SMILES string of the molecule is Cc1nc(C2CCCN(C(=O)c3c[nH]c(=O)cn3)C2)cc(N2CCCC2)n1. The molecule has 1 amide bonds. The fraction of sp³-hybridized carbons (Fsp3) is 0.526. The van der Waals surface area contributed by atoms with Gasteiger partial charge in [-0.15, -0.1) is 0 Å². The number of carbonyl (C=O) groups excluding carboxylic acids is 1. The molecule has 0 aromatic carbocycles. The highest BCUT2D eigenvalue weighted by Gasteiger charge is 2.28. The summed E-state index contributed by atoms with van der Waals surface area (Å²) in [5.74, 6) is 1.82. The first kappa shape index (κ1) is 17.6. The van der Waals surface area contributed by atoms with Crippen molar-refractivity contribution in [1.82, 2.24) is 24.8 Å². The van der Waals surface area contributed by atoms with Gasteiger partial charge in [-0.05, 0) is 32.6 Å². The molecule has 0 spiro atoms. The van der Waals surface area contributed by atoms with Crippen LogP contribution in [-0.4, -0.2) is 56.9 Å². The summed E-state index contributed by atoms with van der Waals surface area (Å²) in [5.41, 5.74) is 0.970. The maximum Gasteiger partial charge on any atom is 0.273 e. The molecule has 1 unspecified atom stereocenters. The van der Waals surface area contributed by atoms with E-state index in [0.717, 1.165) is 49.5 Å². The molecule has 4 heterocycles. The molecule has 4 rings (SSSR count). The molecular formula is C19H24N6O2. The van der Waals surface area contributed by atoms with E-state index >= 15 is 0 Å². The van der Waals surface area contributed by atoms with Gasteiger partial charge in [-0.2, -0.15) is 0 Å².